The number of para-hydroxylation sites is 2. The first-order chi connectivity index (χ1) is 15.2. The molecule has 1 aliphatic heterocycles. The first-order valence-corrected chi connectivity index (χ1v) is 10.3. The predicted molar refractivity (Wildman–Crippen MR) is 125 cm³/mol. The highest BCUT2D eigenvalue weighted by molar-refractivity contribution is 6.01. The zero-order valence-corrected chi connectivity index (χ0v) is 17.6. The van der Waals surface area contributed by atoms with Crippen molar-refractivity contribution in [3.8, 4) is 0 Å². The van der Waals surface area contributed by atoms with Crippen LogP contribution in [0.5, 0.6) is 0 Å². The number of hydrogen-bond donors (Lipinski definition) is 2. The van der Waals surface area contributed by atoms with Crippen LogP contribution in [-0.4, -0.2) is 47.0 Å². The number of anilines is 1. The number of aliphatic imine (C=N–C) groups is 1. The fourth-order valence-electron chi connectivity index (χ4n) is 3.43. The molecule has 3 heterocycles. The zero-order valence-electron chi connectivity index (χ0n) is 17.6. The van der Waals surface area contributed by atoms with Gasteiger partial charge in [0.1, 0.15) is 11.5 Å². The van der Waals surface area contributed by atoms with Crippen LogP contribution in [0.2, 0.25) is 0 Å². The molecule has 0 bridgehead atoms. The van der Waals surface area contributed by atoms with Crippen LogP contribution in [0.3, 0.4) is 0 Å². The molecule has 1 saturated heterocycles. The van der Waals surface area contributed by atoms with Crippen molar-refractivity contribution in [2.45, 2.75) is 13.3 Å². The molecular formula is C24H26N6O. The lowest BCUT2D eigenvalue weighted by Crippen LogP contribution is -2.36. The molecule has 31 heavy (non-hydrogen) atoms. The summed E-state index contributed by atoms with van der Waals surface area (Å²) in [5.74, 6) is 1.58. The van der Waals surface area contributed by atoms with Gasteiger partial charge >= 0.3 is 0 Å². The largest absolute Gasteiger partial charge is 0.400 e. The van der Waals surface area contributed by atoms with Crippen LogP contribution in [0.15, 0.2) is 71.7 Å². The molecule has 0 amide bonds. The number of nitrogens with two attached hydrogens (primary N) is 1. The Bertz CT molecular complexity index is 1130. The summed E-state index contributed by atoms with van der Waals surface area (Å²) in [5.41, 5.74) is 13.9. The van der Waals surface area contributed by atoms with Gasteiger partial charge in [-0.1, -0.05) is 18.7 Å². The topological polar surface area (TPSA) is 92.4 Å². The Balaban J connectivity index is 1.67. The molecular weight excluding hydrogens is 388 g/mol. The quantitative estimate of drug-likeness (QED) is 0.474. The summed E-state index contributed by atoms with van der Waals surface area (Å²) in [6.45, 7) is 8.73. The van der Waals surface area contributed by atoms with Gasteiger partial charge in [0.15, 0.2) is 5.82 Å². The Kier molecular flexibility index (Phi) is 6.26. The molecule has 4 rings (SSSR count). The third kappa shape index (κ3) is 4.74. The maximum atomic E-state index is 6.39. The number of benzene rings is 1. The van der Waals surface area contributed by atoms with Crippen LogP contribution in [0.25, 0.3) is 16.7 Å². The molecule has 1 aliphatic rings. The number of imidazole rings is 1. The molecule has 0 spiro atoms. The van der Waals surface area contributed by atoms with Gasteiger partial charge in [-0.15, -0.1) is 5.73 Å². The summed E-state index contributed by atoms with van der Waals surface area (Å²) in [6, 6.07) is 11.9. The summed E-state index contributed by atoms with van der Waals surface area (Å²) in [6.07, 6.45) is 4.11. The van der Waals surface area contributed by atoms with Crippen LogP contribution < -0.4 is 10.6 Å². The van der Waals surface area contributed by atoms with Gasteiger partial charge in [-0.05, 0) is 37.3 Å². The molecule has 7 heteroatoms. The smallest absolute Gasteiger partial charge is 0.158 e. The number of aromatic amines is 1. The van der Waals surface area contributed by atoms with Crippen molar-refractivity contribution in [2.75, 3.05) is 31.2 Å². The SMILES string of the molecule is C=C=CC/C(N)=C(\N=C(C)c1ccc(N2CCOCC2)nc1)c1nc2ccccc2[nH]1. The average Bonchev–Trinajstić information content (AvgIpc) is 3.25. The highest BCUT2D eigenvalue weighted by atomic mass is 16.5. The van der Waals surface area contributed by atoms with E-state index < -0.39 is 0 Å². The number of morpholine rings is 1. The molecule has 1 aromatic carbocycles. The van der Waals surface area contributed by atoms with Crippen molar-refractivity contribution >= 4 is 28.3 Å². The number of fused-ring (bicyclic) bond motifs is 1. The molecule has 0 saturated carbocycles. The minimum atomic E-state index is 0.487. The Hall–Kier alpha value is -3.67. The molecule has 3 N–H and O–H groups in total. The Morgan fingerprint density at radius 3 is 2.81 bits per heavy atom. The molecule has 0 unspecified atom stereocenters. The van der Waals surface area contributed by atoms with E-state index >= 15 is 0 Å². The summed E-state index contributed by atoms with van der Waals surface area (Å²) >= 11 is 0. The molecule has 3 aromatic rings. The Morgan fingerprint density at radius 2 is 2.10 bits per heavy atom. The standard InChI is InChI=1S/C24H26N6O/c1-3-4-7-19(25)23(24-28-20-8-5-6-9-21(20)29-24)27-17(2)18-10-11-22(26-16-18)30-12-14-31-15-13-30/h4-6,8-11,16H,1,7,12-15,25H2,2H3,(H,28,29)/b23-19+,27-17?. The van der Waals surface area contributed by atoms with E-state index in [1.807, 2.05) is 49.5 Å². The average molecular weight is 415 g/mol. The maximum Gasteiger partial charge on any atom is 0.158 e. The van der Waals surface area contributed by atoms with Crippen molar-refractivity contribution in [2.24, 2.45) is 10.7 Å². The first-order valence-electron chi connectivity index (χ1n) is 10.3. The van der Waals surface area contributed by atoms with Gasteiger partial charge in [0.25, 0.3) is 0 Å². The molecule has 158 valence electrons. The minimum absolute atomic E-state index is 0.487. The number of pyridine rings is 1. The van der Waals surface area contributed by atoms with Gasteiger partial charge in [0.05, 0.1) is 24.2 Å². The molecule has 0 radical (unpaired) electrons. The van der Waals surface area contributed by atoms with Gasteiger partial charge < -0.3 is 20.4 Å². The lowest BCUT2D eigenvalue weighted by Gasteiger charge is -2.27. The number of nitrogens with zero attached hydrogens (tertiary/aromatic N) is 4. The van der Waals surface area contributed by atoms with Crippen molar-refractivity contribution in [3.05, 3.63) is 78.1 Å². The molecule has 0 aliphatic carbocycles. The van der Waals surface area contributed by atoms with Crippen LogP contribution in [0, 0.1) is 0 Å². The van der Waals surface area contributed by atoms with E-state index in [4.69, 9.17) is 15.5 Å². The highest BCUT2D eigenvalue weighted by Crippen LogP contribution is 2.22. The number of hydrogen-bond acceptors (Lipinski definition) is 6. The summed E-state index contributed by atoms with van der Waals surface area (Å²) < 4.78 is 5.42. The van der Waals surface area contributed by atoms with Gasteiger partial charge in [0.2, 0.25) is 0 Å². The second-order valence-electron chi connectivity index (χ2n) is 7.29. The van der Waals surface area contributed by atoms with Crippen molar-refractivity contribution in [1.29, 1.82) is 0 Å². The van der Waals surface area contributed by atoms with E-state index in [0.717, 1.165) is 54.4 Å². The molecule has 2 aromatic heterocycles. The fourth-order valence-corrected chi connectivity index (χ4v) is 3.43. The van der Waals surface area contributed by atoms with E-state index in [1.54, 1.807) is 6.08 Å². The molecule has 7 nitrogen and oxygen atoms in total. The highest BCUT2D eigenvalue weighted by Gasteiger charge is 2.14. The third-order valence-electron chi connectivity index (χ3n) is 5.16. The number of nitrogens with one attached hydrogen (secondary N) is 1. The second-order valence-corrected chi connectivity index (χ2v) is 7.29. The van der Waals surface area contributed by atoms with E-state index in [2.05, 4.69) is 32.2 Å². The van der Waals surface area contributed by atoms with E-state index in [0.29, 0.717) is 23.6 Å². The fraction of sp³-hybridized carbons (Fsp3) is 0.250. The predicted octanol–water partition coefficient (Wildman–Crippen LogP) is 3.66. The lowest BCUT2D eigenvalue weighted by molar-refractivity contribution is 0.122. The number of rotatable bonds is 6. The number of H-pyrrole nitrogens is 1. The van der Waals surface area contributed by atoms with Gasteiger partial charge in [-0.25, -0.2) is 15.0 Å². The van der Waals surface area contributed by atoms with Crippen LogP contribution in [0.4, 0.5) is 5.82 Å². The van der Waals surface area contributed by atoms with Crippen LogP contribution >= 0.6 is 0 Å². The summed E-state index contributed by atoms with van der Waals surface area (Å²) in [4.78, 5) is 19.7. The van der Waals surface area contributed by atoms with Crippen LogP contribution in [0.1, 0.15) is 24.7 Å². The normalized spacial score (nSPS) is 15.5. The van der Waals surface area contributed by atoms with Crippen LogP contribution in [-0.2, 0) is 4.74 Å². The summed E-state index contributed by atoms with van der Waals surface area (Å²) in [7, 11) is 0. The van der Waals surface area contributed by atoms with Gasteiger partial charge in [-0.3, -0.25) is 0 Å². The van der Waals surface area contributed by atoms with E-state index in [9.17, 15) is 0 Å². The zero-order chi connectivity index (χ0) is 21.6. The third-order valence-corrected chi connectivity index (χ3v) is 5.16. The van der Waals surface area contributed by atoms with Crippen molar-refractivity contribution in [3.63, 3.8) is 0 Å². The van der Waals surface area contributed by atoms with Crippen molar-refractivity contribution < 1.29 is 4.74 Å². The number of allylic oxidation sites excluding steroid dienone is 1. The number of aromatic nitrogens is 3. The van der Waals surface area contributed by atoms with E-state index in [-0.39, 0.29) is 0 Å². The van der Waals surface area contributed by atoms with Gasteiger partial charge in [-0.2, -0.15) is 0 Å². The summed E-state index contributed by atoms with van der Waals surface area (Å²) in [5, 5.41) is 0. The first kappa shape index (κ1) is 20.6. The second kappa shape index (κ2) is 9.43. The molecule has 0 atom stereocenters. The van der Waals surface area contributed by atoms with Gasteiger partial charge in [0, 0.05) is 42.7 Å². The molecule has 1 fully saturated rings. The Labute approximate surface area is 181 Å². The van der Waals surface area contributed by atoms with Crippen molar-refractivity contribution in [1.82, 2.24) is 15.0 Å². The minimum Gasteiger partial charge on any atom is -0.400 e. The lowest BCUT2D eigenvalue weighted by atomic mass is 10.1. The maximum absolute atomic E-state index is 6.39. The number of ether oxygens (including phenoxy) is 1. The van der Waals surface area contributed by atoms with E-state index in [1.165, 1.54) is 0 Å². The monoisotopic (exact) mass is 414 g/mol. The Morgan fingerprint density at radius 1 is 1.29 bits per heavy atom.